The summed E-state index contributed by atoms with van der Waals surface area (Å²) in [5.74, 6) is -0.0683. The quantitative estimate of drug-likeness (QED) is 0.653. The molecule has 5 nitrogen and oxygen atoms in total. The van der Waals surface area contributed by atoms with Crippen LogP contribution in [0, 0.1) is 0 Å². The van der Waals surface area contributed by atoms with Gasteiger partial charge in [-0.1, -0.05) is 23.4 Å². The number of anilines is 1. The second kappa shape index (κ2) is 5.64. The maximum Gasteiger partial charge on any atom is 0.253 e. The van der Waals surface area contributed by atoms with Crippen molar-refractivity contribution >= 4 is 17.3 Å². The Kier molecular flexibility index (Phi) is 3.94. The normalized spacial score (nSPS) is 16.7. The smallest absolute Gasteiger partial charge is 0.253 e. The van der Waals surface area contributed by atoms with Gasteiger partial charge in [-0.3, -0.25) is 4.79 Å². The Labute approximate surface area is 106 Å². The van der Waals surface area contributed by atoms with E-state index in [-0.39, 0.29) is 12.5 Å². The number of benzene rings is 1. The van der Waals surface area contributed by atoms with E-state index in [9.17, 15) is 4.79 Å². The van der Waals surface area contributed by atoms with Crippen LogP contribution in [0.15, 0.2) is 29.4 Å². The molecule has 0 fully saturated rings. The zero-order valence-corrected chi connectivity index (χ0v) is 10.3. The zero-order valence-electron chi connectivity index (χ0n) is 10.3. The van der Waals surface area contributed by atoms with Gasteiger partial charge in [0.05, 0.1) is 11.4 Å². The largest absolute Gasteiger partial charge is 0.411 e. The Bertz CT molecular complexity index is 471. The van der Waals surface area contributed by atoms with Crippen LogP contribution in [0.1, 0.15) is 18.9 Å². The molecule has 1 aromatic rings. The van der Waals surface area contributed by atoms with E-state index in [0.717, 1.165) is 11.3 Å². The van der Waals surface area contributed by atoms with Gasteiger partial charge in [0.25, 0.3) is 5.91 Å². The topological polar surface area (TPSA) is 62.1 Å². The monoisotopic (exact) mass is 248 g/mol. The second-order valence-corrected chi connectivity index (χ2v) is 4.00. The van der Waals surface area contributed by atoms with Crippen LogP contribution in [0.5, 0.6) is 0 Å². The maximum atomic E-state index is 12.0. The molecule has 0 saturated heterocycles. The summed E-state index contributed by atoms with van der Waals surface area (Å²) in [6, 6.07) is 7.43. The molecule has 18 heavy (non-hydrogen) atoms. The number of carbonyl (C=O) groups excluding carboxylic acids is 1. The molecule has 1 amide bonds. The van der Waals surface area contributed by atoms with Gasteiger partial charge in [0.1, 0.15) is 6.61 Å². The van der Waals surface area contributed by atoms with Crippen molar-refractivity contribution in [2.24, 2.45) is 5.16 Å². The molecule has 0 atom stereocenters. The highest BCUT2D eigenvalue weighted by Gasteiger charge is 2.25. The van der Waals surface area contributed by atoms with E-state index in [1.807, 2.05) is 31.2 Å². The number of nitrogens with zero attached hydrogens (tertiary/aromatic N) is 2. The van der Waals surface area contributed by atoms with Gasteiger partial charge >= 0.3 is 0 Å². The van der Waals surface area contributed by atoms with Gasteiger partial charge in [0.15, 0.2) is 0 Å². The van der Waals surface area contributed by atoms with Crippen molar-refractivity contribution in [3.8, 4) is 0 Å². The molecule has 1 heterocycles. The van der Waals surface area contributed by atoms with E-state index < -0.39 is 0 Å². The number of carbonyl (C=O) groups is 1. The molecule has 1 aliphatic heterocycles. The standard InChI is InChI=1S/C13H16N2O3/c1-2-18-9-13(16)15-8-7-11(14-17)10-5-3-4-6-12(10)15/h3-6,17H,2,7-9H2,1H3. The summed E-state index contributed by atoms with van der Waals surface area (Å²) >= 11 is 0. The molecule has 5 heteroatoms. The van der Waals surface area contributed by atoms with Crippen molar-refractivity contribution in [2.45, 2.75) is 13.3 Å². The molecular formula is C13H16N2O3. The first-order valence-electron chi connectivity index (χ1n) is 5.96. The van der Waals surface area contributed by atoms with Crippen molar-refractivity contribution in [3.05, 3.63) is 29.8 Å². The summed E-state index contributed by atoms with van der Waals surface area (Å²) in [6.07, 6.45) is 0.547. The lowest BCUT2D eigenvalue weighted by atomic mass is 9.99. The number of oxime groups is 1. The van der Waals surface area contributed by atoms with E-state index >= 15 is 0 Å². The van der Waals surface area contributed by atoms with Crippen LogP contribution in [0.3, 0.4) is 0 Å². The molecule has 0 aliphatic carbocycles. The van der Waals surface area contributed by atoms with Crippen LogP contribution in [-0.2, 0) is 9.53 Å². The number of amides is 1. The number of ether oxygens (including phenoxy) is 1. The van der Waals surface area contributed by atoms with Gasteiger partial charge in [-0.2, -0.15) is 0 Å². The predicted molar refractivity (Wildman–Crippen MR) is 68.2 cm³/mol. The molecule has 0 spiro atoms. The van der Waals surface area contributed by atoms with Gasteiger partial charge in [0.2, 0.25) is 0 Å². The minimum atomic E-state index is -0.0683. The van der Waals surface area contributed by atoms with Crippen LogP contribution in [-0.4, -0.2) is 36.6 Å². The van der Waals surface area contributed by atoms with E-state index in [1.54, 1.807) is 4.90 Å². The predicted octanol–water partition coefficient (Wildman–Crippen LogP) is 1.64. The first-order valence-corrected chi connectivity index (χ1v) is 5.96. The average Bonchev–Trinajstić information content (AvgIpc) is 2.43. The van der Waals surface area contributed by atoms with Crippen LogP contribution < -0.4 is 4.90 Å². The lowest BCUT2D eigenvalue weighted by molar-refractivity contribution is -0.122. The summed E-state index contributed by atoms with van der Waals surface area (Å²) in [6.45, 7) is 2.97. The average molecular weight is 248 g/mol. The van der Waals surface area contributed by atoms with E-state index in [0.29, 0.717) is 25.3 Å². The highest BCUT2D eigenvalue weighted by atomic mass is 16.5. The molecule has 0 saturated carbocycles. The van der Waals surface area contributed by atoms with E-state index in [1.165, 1.54) is 0 Å². The Morgan fingerprint density at radius 2 is 2.28 bits per heavy atom. The summed E-state index contributed by atoms with van der Waals surface area (Å²) < 4.78 is 5.15. The molecule has 2 rings (SSSR count). The highest BCUT2D eigenvalue weighted by Crippen LogP contribution is 2.27. The van der Waals surface area contributed by atoms with Crippen molar-refractivity contribution in [1.82, 2.24) is 0 Å². The summed E-state index contributed by atoms with van der Waals surface area (Å²) in [5.41, 5.74) is 2.20. The first kappa shape index (κ1) is 12.6. The molecule has 0 aromatic heterocycles. The van der Waals surface area contributed by atoms with Crippen LogP contribution in [0.25, 0.3) is 0 Å². The lowest BCUT2D eigenvalue weighted by Gasteiger charge is -2.29. The number of hydrogen-bond donors (Lipinski definition) is 1. The van der Waals surface area contributed by atoms with E-state index in [4.69, 9.17) is 9.94 Å². The molecular weight excluding hydrogens is 232 g/mol. The summed E-state index contributed by atoms with van der Waals surface area (Å²) in [4.78, 5) is 13.7. The molecule has 1 aromatic carbocycles. The fourth-order valence-electron chi connectivity index (χ4n) is 2.06. The minimum Gasteiger partial charge on any atom is -0.411 e. The number of fused-ring (bicyclic) bond motifs is 1. The Balaban J connectivity index is 2.28. The Morgan fingerprint density at radius 1 is 1.50 bits per heavy atom. The van der Waals surface area contributed by atoms with Crippen LogP contribution in [0.4, 0.5) is 5.69 Å². The highest BCUT2D eigenvalue weighted by molar-refractivity contribution is 6.11. The van der Waals surface area contributed by atoms with Gasteiger partial charge < -0.3 is 14.8 Å². The molecule has 96 valence electrons. The third-order valence-electron chi connectivity index (χ3n) is 2.93. The maximum absolute atomic E-state index is 12.0. The van der Waals surface area contributed by atoms with Crippen molar-refractivity contribution in [3.63, 3.8) is 0 Å². The minimum absolute atomic E-state index is 0.0683. The SMILES string of the molecule is CCOCC(=O)N1CCC(=NO)c2ccccc21. The zero-order chi connectivity index (χ0) is 13.0. The summed E-state index contributed by atoms with van der Waals surface area (Å²) in [7, 11) is 0. The van der Waals surface area contributed by atoms with Crippen molar-refractivity contribution in [1.29, 1.82) is 0 Å². The number of para-hydroxylation sites is 1. The third kappa shape index (κ3) is 2.36. The fourth-order valence-corrected chi connectivity index (χ4v) is 2.06. The van der Waals surface area contributed by atoms with Crippen molar-refractivity contribution < 1.29 is 14.7 Å². The van der Waals surface area contributed by atoms with Gasteiger partial charge in [-0.15, -0.1) is 0 Å². The first-order chi connectivity index (χ1) is 8.77. The van der Waals surface area contributed by atoms with Gasteiger partial charge in [-0.05, 0) is 13.0 Å². The lowest BCUT2D eigenvalue weighted by Crippen LogP contribution is -2.39. The van der Waals surface area contributed by atoms with Crippen molar-refractivity contribution in [2.75, 3.05) is 24.7 Å². The fraction of sp³-hybridized carbons (Fsp3) is 0.385. The number of hydrogen-bond acceptors (Lipinski definition) is 4. The van der Waals surface area contributed by atoms with Crippen LogP contribution in [0.2, 0.25) is 0 Å². The van der Waals surface area contributed by atoms with Gasteiger partial charge in [-0.25, -0.2) is 0 Å². The second-order valence-electron chi connectivity index (χ2n) is 4.00. The Hall–Kier alpha value is -1.88. The van der Waals surface area contributed by atoms with Gasteiger partial charge in [0, 0.05) is 25.1 Å². The third-order valence-corrected chi connectivity index (χ3v) is 2.93. The van der Waals surface area contributed by atoms with E-state index in [2.05, 4.69) is 5.16 Å². The molecule has 0 unspecified atom stereocenters. The molecule has 1 aliphatic rings. The Morgan fingerprint density at radius 3 is 3.00 bits per heavy atom. The summed E-state index contributed by atoms with van der Waals surface area (Å²) in [5, 5.41) is 12.3. The van der Waals surface area contributed by atoms with Crippen LogP contribution >= 0.6 is 0 Å². The molecule has 0 radical (unpaired) electrons. The number of rotatable bonds is 3. The molecule has 0 bridgehead atoms. The molecule has 1 N–H and O–H groups in total.